The van der Waals surface area contributed by atoms with Gasteiger partial charge in [-0.1, -0.05) is 22.9 Å². The number of nitrogens with two attached hydrogens (primary N) is 1. The average molecular weight is 532 g/mol. The van der Waals surface area contributed by atoms with Crippen LogP contribution in [0.25, 0.3) is 21.1 Å². The van der Waals surface area contributed by atoms with Crippen molar-refractivity contribution in [3.8, 4) is 26.9 Å². The first-order valence-electron chi connectivity index (χ1n) is 10.1. The van der Waals surface area contributed by atoms with Crippen molar-refractivity contribution in [3.05, 3.63) is 41.3 Å². The van der Waals surface area contributed by atoms with E-state index < -0.39 is 25.8 Å². The number of rotatable bonds is 10. The van der Waals surface area contributed by atoms with Crippen LogP contribution in [0, 0.1) is 5.82 Å². The van der Waals surface area contributed by atoms with E-state index in [9.17, 15) is 8.96 Å². The van der Waals surface area contributed by atoms with Gasteiger partial charge in [-0.25, -0.2) is 13.9 Å². The number of pyridine rings is 1. The number of ether oxygens (including phenoxy) is 1. The first-order chi connectivity index (χ1) is 15.9. The van der Waals surface area contributed by atoms with Crippen molar-refractivity contribution in [3.63, 3.8) is 0 Å². The number of phosphoric acid groups is 1. The maximum atomic E-state index is 14.7. The molecule has 2 aromatic heterocycles. The summed E-state index contributed by atoms with van der Waals surface area (Å²) in [5.74, 6) is -0.140. The summed E-state index contributed by atoms with van der Waals surface area (Å²) in [7, 11) is -4.71. The number of hydrogen-bond acceptors (Lipinski definition) is 9. The maximum Gasteiger partial charge on any atom is 0.469 e. The van der Waals surface area contributed by atoms with Crippen LogP contribution < -0.4 is 15.8 Å². The Morgan fingerprint density at radius 3 is 2.56 bits per heavy atom. The Labute approximate surface area is 204 Å². The van der Waals surface area contributed by atoms with Gasteiger partial charge >= 0.3 is 7.82 Å². The molecule has 0 saturated heterocycles. The highest BCUT2D eigenvalue weighted by Gasteiger charge is 2.25. The lowest BCUT2D eigenvalue weighted by molar-refractivity contribution is 0.106. The monoisotopic (exact) mass is 531 g/mol. The van der Waals surface area contributed by atoms with E-state index in [0.717, 1.165) is 11.4 Å². The molecule has 2 unspecified atom stereocenters. The largest absolute Gasteiger partial charge is 0.489 e. The van der Waals surface area contributed by atoms with E-state index in [1.807, 2.05) is 26.0 Å². The predicted molar refractivity (Wildman–Crippen MR) is 128 cm³/mol. The summed E-state index contributed by atoms with van der Waals surface area (Å²) in [6.45, 7) is 5.14. The Morgan fingerprint density at radius 1 is 1.24 bits per heavy atom. The minimum Gasteiger partial charge on any atom is -0.489 e. The molecule has 3 aromatic rings. The molecule has 2 atom stereocenters. The fourth-order valence-corrected chi connectivity index (χ4v) is 4.52. The first-order valence-corrected chi connectivity index (χ1v) is 12.8. The third-order valence-corrected chi connectivity index (χ3v) is 6.39. The molecule has 0 amide bonds. The molecule has 1 aromatic carbocycles. The van der Waals surface area contributed by atoms with Crippen LogP contribution in [0.1, 0.15) is 20.8 Å². The molecule has 3 rings (SSSR count). The third-order valence-electron chi connectivity index (χ3n) is 4.46. The minimum absolute atomic E-state index is 0.172. The van der Waals surface area contributed by atoms with Crippen LogP contribution in [-0.2, 0) is 9.09 Å². The molecule has 0 aliphatic rings. The van der Waals surface area contributed by atoms with Gasteiger partial charge in [0.2, 0.25) is 0 Å². The molecular weight excluding hydrogens is 508 g/mol. The van der Waals surface area contributed by atoms with Crippen molar-refractivity contribution in [1.82, 2.24) is 15.2 Å². The van der Waals surface area contributed by atoms with Crippen LogP contribution in [0.3, 0.4) is 0 Å². The molecule has 0 spiro atoms. The van der Waals surface area contributed by atoms with Gasteiger partial charge in [0, 0.05) is 29.4 Å². The van der Waals surface area contributed by atoms with Crippen LogP contribution in [0.2, 0.25) is 5.02 Å². The number of anilines is 1. The van der Waals surface area contributed by atoms with Crippen molar-refractivity contribution in [2.45, 2.75) is 39.0 Å². The Balaban J connectivity index is 1.72. The summed E-state index contributed by atoms with van der Waals surface area (Å²) in [5.41, 5.74) is 6.89. The topological polar surface area (TPSA) is 153 Å². The SMILES string of the molecule is CC(C)Nc1ccc(-c2nnc(-c3cc(F)c(OCC(N)C(C)OP(=O)(O)O)cc3Cl)s2)cn1. The van der Waals surface area contributed by atoms with Crippen LogP contribution in [0.5, 0.6) is 5.75 Å². The number of hydrogen-bond donors (Lipinski definition) is 4. The maximum absolute atomic E-state index is 14.7. The zero-order valence-electron chi connectivity index (χ0n) is 18.5. The first kappa shape index (κ1) is 26.4. The number of nitrogens with zero attached hydrogens (tertiary/aromatic N) is 3. The summed E-state index contributed by atoms with van der Waals surface area (Å²) >= 11 is 7.57. The molecule has 10 nitrogen and oxygen atoms in total. The number of benzene rings is 1. The summed E-state index contributed by atoms with van der Waals surface area (Å²) in [5, 5.41) is 12.7. The molecule has 34 heavy (non-hydrogen) atoms. The lowest BCUT2D eigenvalue weighted by atomic mass is 10.2. The molecule has 0 saturated carbocycles. The van der Waals surface area contributed by atoms with Gasteiger partial charge in [0.25, 0.3) is 0 Å². The van der Waals surface area contributed by atoms with Crippen LogP contribution in [-0.4, -0.2) is 49.8 Å². The Hall–Kier alpha value is -2.18. The normalized spacial score (nSPS) is 13.7. The Kier molecular flexibility index (Phi) is 8.58. The van der Waals surface area contributed by atoms with Crippen molar-refractivity contribution in [2.75, 3.05) is 11.9 Å². The molecule has 0 radical (unpaired) electrons. The summed E-state index contributed by atoms with van der Waals surface area (Å²) in [6.07, 6.45) is 0.650. The second-order valence-corrected chi connectivity index (χ2v) is 10.3. The van der Waals surface area contributed by atoms with Gasteiger partial charge in [-0.05, 0) is 39.0 Å². The molecule has 0 aliphatic heterocycles. The quantitative estimate of drug-likeness (QED) is 0.281. The van der Waals surface area contributed by atoms with E-state index in [0.29, 0.717) is 15.6 Å². The summed E-state index contributed by atoms with van der Waals surface area (Å²) in [6, 6.07) is 5.49. The van der Waals surface area contributed by atoms with Gasteiger partial charge < -0.3 is 25.6 Å². The standard InChI is InChI=1S/C20H24ClFN5O5PS/c1-10(2)25-18-5-4-12(8-24-18)19-26-27-20(34-19)13-6-15(22)17(7-14(13)21)31-9-16(23)11(3)32-33(28,29)30/h4-8,10-11,16H,9,23H2,1-3H3,(H,24,25)(H2,28,29,30). The number of nitrogens with one attached hydrogen (secondary N) is 1. The fourth-order valence-electron chi connectivity index (χ4n) is 2.77. The van der Waals surface area contributed by atoms with Crippen LogP contribution >= 0.6 is 30.8 Å². The van der Waals surface area contributed by atoms with E-state index in [2.05, 4.69) is 25.0 Å². The van der Waals surface area contributed by atoms with Gasteiger partial charge in [-0.2, -0.15) is 0 Å². The van der Waals surface area contributed by atoms with Crippen LogP contribution in [0.4, 0.5) is 10.2 Å². The zero-order chi connectivity index (χ0) is 25.0. The molecule has 14 heteroatoms. The van der Waals surface area contributed by atoms with E-state index in [-0.39, 0.29) is 23.4 Å². The highest BCUT2D eigenvalue weighted by atomic mass is 35.5. The Bertz CT molecular complexity index is 1180. The van der Waals surface area contributed by atoms with Gasteiger partial charge in [0.15, 0.2) is 11.6 Å². The minimum atomic E-state index is -4.71. The lowest BCUT2D eigenvalue weighted by Crippen LogP contribution is -2.39. The van der Waals surface area contributed by atoms with Gasteiger partial charge in [-0.15, -0.1) is 10.2 Å². The predicted octanol–water partition coefficient (Wildman–Crippen LogP) is 4.08. The molecular formula is C20H24ClFN5O5PS. The van der Waals surface area contributed by atoms with E-state index in [1.165, 1.54) is 30.4 Å². The van der Waals surface area contributed by atoms with E-state index in [1.54, 1.807) is 6.20 Å². The Morgan fingerprint density at radius 2 is 1.94 bits per heavy atom. The number of halogens is 2. The summed E-state index contributed by atoms with van der Waals surface area (Å²) in [4.78, 5) is 22.1. The van der Waals surface area contributed by atoms with E-state index >= 15 is 0 Å². The molecule has 184 valence electrons. The summed E-state index contributed by atoms with van der Waals surface area (Å²) < 4.78 is 35.5. The van der Waals surface area contributed by atoms with Gasteiger partial charge in [0.05, 0.1) is 17.2 Å². The van der Waals surface area contributed by atoms with Crippen molar-refractivity contribution >= 4 is 36.6 Å². The van der Waals surface area contributed by atoms with E-state index in [4.69, 9.17) is 31.9 Å². The fraction of sp³-hybridized carbons (Fsp3) is 0.350. The van der Waals surface area contributed by atoms with Crippen molar-refractivity contribution in [1.29, 1.82) is 0 Å². The van der Waals surface area contributed by atoms with Crippen molar-refractivity contribution in [2.24, 2.45) is 5.73 Å². The third kappa shape index (κ3) is 7.16. The number of phosphoric ester groups is 1. The van der Waals surface area contributed by atoms with Crippen LogP contribution in [0.15, 0.2) is 30.5 Å². The van der Waals surface area contributed by atoms with Gasteiger partial charge in [0.1, 0.15) is 22.4 Å². The number of aromatic nitrogens is 3. The average Bonchev–Trinajstić information content (AvgIpc) is 3.22. The highest BCUT2D eigenvalue weighted by molar-refractivity contribution is 7.46. The van der Waals surface area contributed by atoms with Gasteiger partial charge in [-0.3, -0.25) is 4.52 Å². The molecule has 0 fully saturated rings. The molecule has 2 heterocycles. The highest BCUT2D eigenvalue weighted by Crippen LogP contribution is 2.39. The molecule has 0 aliphatic carbocycles. The van der Waals surface area contributed by atoms with Crippen molar-refractivity contribution < 1.29 is 28.0 Å². The zero-order valence-corrected chi connectivity index (χ0v) is 20.9. The molecule has 0 bridgehead atoms. The second-order valence-electron chi connectivity index (χ2n) is 7.68. The molecule has 5 N–H and O–H groups in total. The second kappa shape index (κ2) is 11.0. The smallest absolute Gasteiger partial charge is 0.469 e. The lowest BCUT2D eigenvalue weighted by Gasteiger charge is -2.21.